The van der Waals surface area contributed by atoms with Crippen LogP contribution in [0.2, 0.25) is 0 Å². The Morgan fingerprint density at radius 1 is 1.46 bits per heavy atom. The molecule has 3 atom stereocenters. The summed E-state index contributed by atoms with van der Waals surface area (Å²) in [5.41, 5.74) is 0.994. The van der Waals surface area contributed by atoms with Crippen LogP contribution in [-0.2, 0) is 0 Å². The molecule has 2 aliphatic rings. The SMILES string of the molecule is CC[C@@]1(CO)C[C@@H]2CC[C@H]1N2C(=O)c1nc2ccc(C)cn2c1F. The number of aliphatic hydroxyl groups excluding tert-OH is 1. The lowest BCUT2D eigenvalue weighted by Crippen LogP contribution is -2.42. The number of pyridine rings is 1. The molecule has 0 aromatic carbocycles. The molecular formula is C18H22FN3O2. The van der Waals surface area contributed by atoms with Gasteiger partial charge >= 0.3 is 0 Å². The second kappa shape index (κ2) is 5.28. The van der Waals surface area contributed by atoms with Crippen molar-refractivity contribution in [3.05, 3.63) is 35.5 Å². The highest BCUT2D eigenvalue weighted by Gasteiger charge is 2.56. The number of nitrogens with zero attached hydrogens (tertiary/aromatic N) is 3. The number of halogens is 1. The molecule has 128 valence electrons. The summed E-state index contributed by atoms with van der Waals surface area (Å²) in [5, 5.41) is 9.88. The Hall–Kier alpha value is -1.95. The molecule has 0 radical (unpaired) electrons. The molecule has 4 heterocycles. The predicted octanol–water partition coefficient (Wildman–Crippen LogP) is 2.55. The number of imidazole rings is 1. The first-order chi connectivity index (χ1) is 11.5. The van der Waals surface area contributed by atoms with Crippen LogP contribution in [0.4, 0.5) is 4.39 Å². The fourth-order valence-electron chi connectivity index (χ4n) is 4.64. The number of carbonyl (C=O) groups is 1. The molecule has 0 spiro atoms. The normalized spacial score (nSPS) is 28.9. The minimum Gasteiger partial charge on any atom is -0.396 e. The third kappa shape index (κ3) is 1.95. The van der Waals surface area contributed by atoms with E-state index in [0.29, 0.717) is 5.65 Å². The number of carbonyl (C=O) groups excluding carboxylic acids is 1. The van der Waals surface area contributed by atoms with Gasteiger partial charge in [-0.15, -0.1) is 0 Å². The molecule has 6 heteroatoms. The van der Waals surface area contributed by atoms with Crippen LogP contribution < -0.4 is 0 Å². The second-order valence-corrected chi connectivity index (χ2v) is 7.22. The van der Waals surface area contributed by atoms with Crippen LogP contribution >= 0.6 is 0 Å². The van der Waals surface area contributed by atoms with Gasteiger partial charge in [-0.1, -0.05) is 13.0 Å². The van der Waals surface area contributed by atoms with Gasteiger partial charge in [0.2, 0.25) is 5.95 Å². The molecule has 2 aliphatic heterocycles. The summed E-state index contributed by atoms with van der Waals surface area (Å²) in [6, 6.07) is 3.64. The average Bonchev–Trinajstić information content (AvgIpc) is 3.24. The Labute approximate surface area is 140 Å². The second-order valence-electron chi connectivity index (χ2n) is 7.22. The van der Waals surface area contributed by atoms with E-state index in [1.807, 2.05) is 19.9 Å². The number of hydrogen-bond acceptors (Lipinski definition) is 3. The highest BCUT2D eigenvalue weighted by molar-refractivity contribution is 5.94. The predicted molar refractivity (Wildman–Crippen MR) is 87.3 cm³/mol. The largest absolute Gasteiger partial charge is 0.396 e. The Bertz CT molecular complexity index is 812. The van der Waals surface area contributed by atoms with E-state index in [-0.39, 0.29) is 35.7 Å². The van der Waals surface area contributed by atoms with Crippen LogP contribution in [0.1, 0.15) is 48.7 Å². The number of aliphatic hydroxyl groups is 1. The van der Waals surface area contributed by atoms with Crippen molar-refractivity contribution in [2.75, 3.05) is 6.61 Å². The van der Waals surface area contributed by atoms with Crippen molar-refractivity contribution in [2.45, 2.75) is 51.6 Å². The highest BCUT2D eigenvalue weighted by atomic mass is 19.1. The first-order valence-corrected chi connectivity index (χ1v) is 8.58. The summed E-state index contributed by atoms with van der Waals surface area (Å²) < 4.78 is 16.1. The number of hydrogen-bond donors (Lipinski definition) is 1. The van der Waals surface area contributed by atoms with Crippen molar-refractivity contribution >= 4 is 11.6 Å². The van der Waals surface area contributed by atoms with Gasteiger partial charge in [-0.3, -0.25) is 9.20 Å². The minimum absolute atomic E-state index is 0.0176. The van der Waals surface area contributed by atoms with E-state index in [1.165, 1.54) is 4.40 Å². The zero-order valence-corrected chi connectivity index (χ0v) is 14.0. The number of fused-ring (bicyclic) bond motifs is 3. The average molecular weight is 331 g/mol. The molecular weight excluding hydrogens is 309 g/mol. The summed E-state index contributed by atoms with van der Waals surface area (Å²) >= 11 is 0. The maximum absolute atomic E-state index is 14.7. The monoisotopic (exact) mass is 331 g/mol. The van der Waals surface area contributed by atoms with E-state index in [1.54, 1.807) is 17.2 Å². The quantitative estimate of drug-likeness (QED) is 0.940. The van der Waals surface area contributed by atoms with Gasteiger partial charge in [0.15, 0.2) is 5.69 Å². The third-order valence-electron chi connectivity index (χ3n) is 6.02. The Kier molecular flexibility index (Phi) is 3.42. The van der Waals surface area contributed by atoms with Gasteiger partial charge in [-0.25, -0.2) is 4.98 Å². The number of amides is 1. The molecule has 2 aromatic rings. The molecule has 0 saturated carbocycles. The molecule has 0 aliphatic carbocycles. The smallest absolute Gasteiger partial charge is 0.277 e. The van der Waals surface area contributed by atoms with Gasteiger partial charge < -0.3 is 10.0 Å². The third-order valence-corrected chi connectivity index (χ3v) is 6.02. The van der Waals surface area contributed by atoms with Crippen molar-refractivity contribution in [3.63, 3.8) is 0 Å². The first-order valence-electron chi connectivity index (χ1n) is 8.58. The maximum atomic E-state index is 14.7. The summed E-state index contributed by atoms with van der Waals surface area (Å²) in [4.78, 5) is 19.0. The number of aryl methyl sites for hydroxylation is 1. The molecule has 2 fully saturated rings. The molecule has 0 unspecified atom stereocenters. The van der Waals surface area contributed by atoms with Crippen LogP contribution in [0, 0.1) is 18.3 Å². The van der Waals surface area contributed by atoms with E-state index in [4.69, 9.17) is 0 Å². The van der Waals surface area contributed by atoms with Crippen molar-refractivity contribution in [1.82, 2.24) is 14.3 Å². The highest BCUT2D eigenvalue weighted by Crippen LogP contribution is 2.51. The lowest BCUT2D eigenvalue weighted by Gasteiger charge is -2.34. The molecule has 4 rings (SSSR count). The van der Waals surface area contributed by atoms with E-state index in [0.717, 1.165) is 31.2 Å². The molecule has 2 bridgehead atoms. The van der Waals surface area contributed by atoms with Crippen molar-refractivity contribution in [3.8, 4) is 0 Å². The van der Waals surface area contributed by atoms with Gasteiger partial charge in [0.25, 0.3) is 5.91 Å². The first kappa shape index (κ1) is 15.6. The van der Waals surface area contributed by atoms with E-state index in [9.17, 15) is 14.3 Å². The Morgan fingerprint density at radius 2 is 2.25 bits per heavy atom. The van der Waals surface area contributed by atoms with E-state index >= 15 is 0 Å². The van der Waals surface area contributed by atoms with Crippen molar-refractivity contribution in [1.29, 1.82) is 0 Å². The zero-order chi connectivity index (χ0) is 17.1. The molecule has 24 heavy (non-hydrogen) atoms. The lowest BCUT2D eigenvalue weighted by atomic mass is 9.72. The minimum atomic E-state index is -0.601. The molecule has 2 saturated heterocycles. The number of rotatable bonds is 3. The van der Waals surface area contributed by atoms with Gasteiger partial charge in [0.05, 0.1) is 6.61 Å². The summed E-state index contributed by atoms with van der Waals surface area (Å²) in [6.45, 7) is 3.99. The maximum Gasteiger partial charge on any atom is 0.277 e. The Morgan fingerprint density at radius 3 is 2.92 bits per heavy atom. The van der Waals surface area contributed by atoms with Crippen LogP contribution in [-0.4, -0.2) is 44.0 Å². The standard InChI is InChI=1S/C18H22FN3O2/c1-3-18(10-23)8-12-5-6-13(18)22(12)17(24)15-16(19)21-9-11(2)4-7-14(21)20-15/h4,7,9,12-13,23H,3,5-6,8,10H2,1-2H3/t12-,13+,18-/m0/s1. The fourth-order valence-corrected chi connectivity index (χ4v) is 4.64. The molecule has 1 N–H and O–H groups in total. The van der Waals surface area contributed by atoms with Gasteiger partial charge in [-0.05, 0) is 44.2 Å². The van der Waals surface area contributed by atoms with E-state index in [2.05, 4.69) is 4.98 Å². The van der Waals surface area contributed by atoms with Crippen LogP contribution in [0.25, 0.3) is 5.65 Å². The molecule has 5 nitrogen and oxygen atoms in total. The van der Waals surface area contributed by atoms with Gasteiger partial charge in [-0.2, -0.15) is 4.39 Å². The van der Waals surface area contributed by atoms with Gasteiger partial charge in [0.1, 0.15) is 5.65 Å². The summed E-state index contributed by atoms with van der Waals surface area (Å²) in [7, 11) is 0. The Balaban J connectivity index is 1.74. The van der Waals surface area contributed by atoms with E-state index < -0.39 is 5.95 Å². The van der Waals surface area contributed by atoms with Crippen LogP contribution in [0.5, 0.6) is 0 Å². The fraction of sp³-hybridized carbons (Fsp3) is 0.556. The lowest BCUT2D eigenvalue weighted by molar-refractivity contribution is 0.0549. The molecule has 2 aromatic heterocycles. The summed E-state index contributed by atoms with van der Waals surface area (Å²) in [5.74, 6) is -0.943. The van der Waals surface area contributed by atoms with Crippen LogP contribution in [0.3, 0.4) is 0 Å². The summed E-state index contributed by atoms with van der Waals surface area (Å²) in [6.07, 6.45) is 5.06. The number of aromatic nitrogens is 2. The molecule has 1 amide bonds. The zero-order valence-electron chi connectivity index (χ0n) is 14.0. The van der Waals surface area contributed by atoms with Crippen molar-refractivity contribution < 1.29 is 14.3 Å². The van der Waals surface area contributed by atoms with Crippen molar-refractivity contribution in [2.24, 2.45) is 5.41 Å². The van der Waals surface area contributed by atoms with Crippen LogP contribution in [0.15, 0.2) is 18.3 Å². The van der Waals surface area contributed by atoms with Gasteiger partial charge in [0, 0.05) is 23.7 Å². The topological polar surface area (TPSA) is 57.8 Å².